The molecule has 2 rings (SSSR count). The third-order valence-electron chi connectivity index (χ3n) is 4.61. The lowest BCUT2D eigenvalue weighted by atomic mass is 9.87. The number of carboxylic acid groups (broad SMARTS) is 1. The highest BCUT2D eigenvalue weighted by Gasteiger charge is 2.25. The molecule has 0 fully saturated rings. The van der Waals surface area contributed by atoms with Crippen molar-refractivity contribution >= 4 is 5.97 Å². The Labute approximate surface area is 127 Å². The summed E-state index contributed by atoms with van der Waals surface area (Å²) in [5.74, 6) is -0.682. The summed E-state index contributed by atoms with van der Waals surface area (Å²) in [6.45, 7) is 7.02. The van der Waals surface area contributed by atoms with Crippen molar-refractivity contribution in [2.75, 3.05) is 13.1 Å². The van der Waals surface area contributed by atoms with E-state index in [1.165, 1.54) is 24.1 Å². The molecule has 0 atom stereocenters. The van der Waals surface area contributed by atoms with Gasteiger partial charge in [-0.2, -0.15) is 0 Å². The quantitative estimate of drug-likeness (QED) is 0.722. The third-order valence-corrected chi connectivity index (χ3v) is 4.61. The van der Waals surface area contributed by atoms with Crippen molar-refractivity contribution in [3.05, 3.63) is 23.5 Å². The number of fused-ring (bicyclic) bond motifs is 1. The first kappa shape index (κ1) is 16.1. The molecule has 1 aromatic heterocycles. The Morgan fingerprint density at radius 3 is 2.86 bits per heavy atom. The highest BCUT2D eigenvalue weighted by atomic mass is 16.4. The second kappa shape index (κ2) is 7.12. The molecule has 0 saturated heterocycles. The molecule has 0 saturated carbocycles. The van der Waals surface area contributed by atoms with Crippen LogP contribution in [0.15, 0.2) is 12.3 Å². The van der Waals surface area contributed by atoms with Gasteiger partial charge in [0.25, 0.3) is 0 Å². The van der Waals surface area contributed by atoms with Crippen molar-refractivity contribution in [3.8, 4) is 0 Å². The van der Waals surface area contributed by atoms with Gasteiger partial charge in [0.15, 0.2) is 0 Å². The minimum Gasteiger partial charge on any atom is -0.481 e. The summed E-state index contributed by atoms with van der Waals surface area (Å²) >= 11 is 0. The van der Waals surface area contributed by atoms with Crippen LogP contribution in [0, 0.1) is 5.41 Å². The summed E-state index contributed by atoms with van der Waals surface area (Å²) in [4.78, 5) is 16.9. The average molecular weight is 292 g/mol. The molecule has 0 spiro atoms. The Kier molecular flexibility index (Phi) is 5.45. The predicted octanol–water partition coefficient (Wildman–Crippen LogP) is 3.43. The number of aromatic amines is 1. The lowest BCUT2D eigenvalue weighted by Gasteiger charge is -2.26. The molecule has 1 aliphatic rings. The smallest absolute Gasteiger partial charge is 0.309 e. The van der Waals surface area contributed by atoms with Gasteiger partial charge in [-0.3, -0.25) is 9.69 Å². The number of carboxylic acids is 1. The highest BCUT2D eigenvalue weighted by molar-refractivity contribution is 5.73. The molecule has 1 aromatic rings. The SMILES string of the molecule is CC(C)(CCCCCCN1CCc2[nH]ccc2C1)C(=O)O. The Hall–Kier alpha value is -1.29. The molecule has 0 radical (unpaired) electrons. The lowest BCUT2D eigenvalue weighted by Crippen LogP contribution is -2.31. The van der Waals surface area contributed by atoms with Gasteiger partial charge >= 0.3 is 5.97 Å². The number of rotatable bonds is 8. The van der Waals surface area contributed by atoms with Crippen molar-refractivity contribution in [1.82, 2.24) is 9.88 Å². The zero-order valence-corrected chi connectivity index (χ0v) is 13.3. The van der Waals surface area contributed by atoms with E-state index in [4.69, 9.17) is 5.11 Å². The van der Waals surface area contributed by atoms with Crippen LogP contribution in [0.2, 0.25) is 0 Å². The average Bonchev–Trinajstić information content (AvgIpc) is 2.89. The molecule has 1 aliphatic heterocycles. The monoisotopic (exact) mass is 292 g/mol. The zero-order chi connectivity index (χ0) is 15.3. The first-order valence-electron chi connectivity index (χ1n) is 8.10. The second-order valence-electron chi connectivity index (χ2n) is 6.86. The van der Waals surface area contributed by atoms with Gasteiger partial charge in [-0.05, 0) is 44.9 Å². The maximum absolute atomic E-state index is 11.0. The first-order chi connectivity index (χ1) is 9.99. The van der Waals surface area contributed by atoms with Crippen molar-refractivity contribution in [2.24, 2.45) is 5.41 Å². The first-order valence-corrected chi connectivity index (χ1v) is 8.10. The molecule has 0 unspecified atom stereocenters. The van der Waals surface area contributed by atoms with Crippen LogP contribution in [0.3, 0.4) is 0 Å². The predicted molar refractivity (Wildman–Crippen MR) is 84.3 cm³/mol. The van der Waals surface area contributed by atoms with E-state index in [0.29, 0.717) is 0 Å². The largest absolute Gasteiger partial charge is 0.481 e. The van der Waals surface area contributed by atoms with Crippen LogP contribution < -0.4 is 0 Å². The maximum atomic E-state index is 11.0. The molecule has 0 bridgehead atoms. The van der Waals surface area contributed by atoms with Crippen LogP contribution >= 0.6 is 0 Å². The summed E-state index contributed by atoms with van der Waals surface area (Å²) in [5, 5.41) is 9.07. The number of nitrogens with one attached hydrogen (secondary N) is 1. The van der Waals surface area contributed by atoms with Crippen LogP contribution in [0.4, 0.5) is 0 Å². The lowest BCUT2D eigenvalue weighted by molar-refractivity contribution is -0.147. The van der Waals surface area contributed by atoms with Gasteiger partial charge in [0.2, 0.25) is 0 Å². The van der Waals surface area contributed by atoms with Crippen LogP contribution in [-0.2, 0) is 17.8 Å². The standard InChI is InChI=1S/C17H28N2O2/c1-17(2,16(20)21)9-5-3-4-6-11-19-12-8-15-14(13-19)7-10-18-15/h7,10,18H,3-6,8-9,11-13H2,1-2H3,(H,20,21). The topological polar surface area (TPSA) is 56.3 Å². The second-order valence-corrected chi connectivity index (χ2v) is 6.86. The molecular weight excluding hydrogens is 264 g/mol. The van der Waals surface area contributed by atoms with Crippen molar-refractivity contribution in [3.63, 3.8) is 0 Å². The molecule has 2 N–H and O–H groups in total. The minimum atomic E-state index is -0.682. The molecule has 0 aromatic carbocycles. The fourth-order valence-corrected chi connectivity index (χ4v) is 2.96. The fourth-order valence-electron chi connectivity index (χ4n) is 2.96. The number of unbranched alkanes of at least 4 members (excludes halogenated alkanes) is 3. The summed E-state index contributed by atoms with van der Waals surface area (Å²) in [6, 6.07) is 2.19. The van der Waals surface area contributed by atoms with Crippen LogP contribution in [-0.4, -0.2) is 34.0 Å². The van der Waals surface area contributed by atoms with E-state index in [0.717, 1.165) is 45.3 Å². The Bertz CT molecular complexity index is 465. The molecule has 4 heteroatoms. The number of H-pyrrole nitrogens is 1. The Morgan fingerprint density at radius 2 is 2.10 bits per heavy atom. The normalized spacial score (nSPS) is 15.9. The van der Waals surface area contributed by atoms with Gasteiger partial charge in [-0.1, -0.05) is 19.3 Å². The van der Waals surface area contributed by atoms with E-state index >= 15 is 0 Å². The van der Waals surface area contributed by atoms with Crippen LogP contribution in [0.25, 0.3) is 0 Å². The zero-order valence-electron chi connectivity index (χ0n) is 13.3. The van der Waals surface area contributed by atoms with E-state index in [9.17, 15) is 4.79 Å². The number of carbonyl (C=O) groups is 1. The van der Waals surface area contributed by atoms with Gasteiger partial charge in [0.1, 0.15) is 0 Å². The van der Waals surface area contributed by atoms with E-state index in [1.54, 1.807) is 0 Å². The van der Waals surface area contributed by atoms with Crippen LogP contribution in [0.1, 0.15) is 57.2 Å². The van der Waals surface area contributed by atoms with Gasteiger partial charge in [-0.25, -0.2) is 0 Å². The van der Waals surface area contributed by atoms with Crippen molar-refractivity contribution in [2.45, 2.75) is 58.9 Å². The molecule has 0 amide bonds. The Balaban J connectivity index is 1.56. The number of aliphatic carboxylic acids is 1. The van der Waals surface area contributed by atoms with Gasteiger partial charge in [0.05, 0.1) is 5.41 Å². The number of nitrogens with zero attached hydrogens (tertiary/aromatic N) is 1. The van der Waals surface area contributed by atoms with E-state index in [2.05, 4.69) is 16.0 Å². The maximum Gasteiger partial charge on any atom is 0.309 e. The minimum absolute atomic E-state index is 0.572. The third kappa shape index (κ3) is 4.60. The van der Waals surface area contributed by atoms with E-state index < -0.39 is 11.4 Å². The fraction of sp³-hybridized carbons (Fsp3) is 0.706. The van der Waals surface area contributed by atoms with Crippen LogP contribution in [0.5, 0.6) is 0 Å². The summed E-state index contributed by atoms with van der Waals surface area (Å²) in [6.07, 6.45) is 8.52. The summed E-state index contributed by atoms with van der Waals surface area (Å²) in [5.41, 5.74) is 2.28. The van der Waals surface area contributed by atoms with Crippen molar-refractivity contribution in [1.29, 1.82) is 0 Å². The molecule has 2 heterocycles. The highest BCUT2D eigenvalue weighted by Crippen LogP contribution is 2.24. The van der Waals surface area contributed by atoms with E-state index in [-0.39, 0.29) is 0 Å². The number of aromatic nitrogens is 1. The van der Waals surface area contributed by atoms with E-state index in [1.807, 2.05) is 20.0 Å². The van der Waals surface area contributed by atoms with Gasteiger partial charge < -0.3 is 10.1 Å². The van der Waals surface area contributed by atoms with Gasteiger partial charge in [0, 0.05) is 31.4 Å². The molecule has 118 valence electrons. The molecule has 4 nitrogen and oxygen atoms in total. The van der Waals surface area contributed by atoms with Crippen molar-refractivity contribution < 1.29 is 9.90 Å². The summed E-state index contributed by atoms with van der Waals surface area (Å²) in [7, 11) is 0. The molecule has 21 heavy (non-hydrogen) atoms. The number of hydrogen-bond donors (Lipinski definition) is 2. The van der Waals surface area contributed by atoms with Gasteiger partial charge in [-0.15, -0.1) is 0 Å². The summed E-state index contributed by atoms with van der Waals surface area (Å²) < 4.78 is 0. The Morgan fingerprint density at radius 1 is 1.33 bits per heavy atom. The number of hydrogen-bond acceptors (Lipinski definition) is 2. The molecule has 0 aliphatic carbocycles. The molecular formula is C17H28N2O2.